The number of rotatable bonds is 6. The number of nitrogens with zero attached hydrogens (tertiary/aromatic N) is 4. The summed E-state index contributed by atoms with van der Waals surface area (Å²) in [6.07, 6.45) is 0. The average molecular weight is 418 g/mol. The van der Waals surface area contributed by atoms with Crippen molar-refractivity contribution in [2.75, 3.05) is 11.1 Å². The second kappa shape index (κ2) is 8.41. The highest BCUT2D eigenvalue weighted by Gasteiger charge is 2.15. The minimum absolute atomic E-state index is 0.0573. The third-order valence-corrected chi connectivity index (χ3v) is 5.24. The summed E-state index contributed by atoms with van der Waals surface area (Å²) in [6.45, 7) is 3.98. The van der Waals surface area contributed by atoms with Crippen LogP contribution in [0.4, 0.5) is 5.69 Å². The molecule has 2 aromatic carbocycles. The number of carboxylic acid groups (broad SMARTS) is 1. The van der Waals surface area contributed by atoms with Gasteiger partial charge in [0.05, 0.1) is 22.0 Å². The molecule has 8 nitrogen and oxygen atoms in total. The highest BCUT2D eigenvalue weighted by molar-refractivity contribution is 7.99. The first-order valence-corrected chi connectivity index (χ1v) is 9.53. The van der Waals surface area contributed by atoms with Crippen LogP contribution < -0.4 is 5.32 Å². The largest absolute Gasteiger partial charge is 0.478 e. The quantitative estimate of drug-likeness (QED) is 0.591. The SMILES string of the molecule is Cc1ccc(NC(=O)CSc2nnnn2-c2ccc(Cl)c(C(=O)O)c2)cc1C. The van der Waals surface area contributed by atoms with Crippen molar-refractivity contribution in [3.8, 4) is 5.69 Å². The van der Waals surface area contributed by atoms with E-state index in [1.807, 2.05) is 32.0 Å². The summed E-state index contributed by atoms with van der Waals surface area (Å²) < 4.78 is 1.36. The number of hydrogen-bond acceptors (Lipinski definition) is 6. The van der Waals surface area contributed by atoms with Crippen LogP contribution in [0.15, 0.2) is 41.6 Å². The first-order chi connectivity index (χ1) is 13.3. The highest BCUT2D eigenvalue weighted by atomic mass is 35.5. The van der Waals surface area contributed by atoms with Crippen molar-refractivity contribution >= 4 is 40.9 Å². The normalized spacial score (nSPS) is 10.7. The smallest absolute Gasteiger partial charge is 0.337 e. The molecule has 0 saturated heterocycles. The second-order valence-electron chi connectivity index (χ2n) is 5.98. The fraction of sp³-hybridized carbons (Fsp3) is 0.167. The molecule has 1 aromatic heterocycles. The maximum atomic E-state index is 12.2. The molecule has 0 spiro atoms. The number of halogens is 1. The molecule has 0 unspecified atom stereocenters. The van der Waals surface area contributed by atoms with Gasteiger partial charge in [0.1, 0.15) is 0 Å². The highest BCUT2D eigenvalue weighted by Crippen LogP contribution is 2.23. The van der Waals surface area contributed by atoms with Gasteiger partial charge in [0.15, 0.2) is 0 Å². The lowest BCUT2D eigenvalue weighted by molar-refractivity contribution is -0.113. The summed E-state index contributed by atoms with van der Waals surface area (Å²) in [6, 6.07) is 10.1. The Balaban J connectivity index is 1.71. The van der Waals surface area contributed by atoms with Crippen LogP contribution in [0, 0.1) is 13.8 Å². The molecule has 0 aliphatic rings. The van der Waals surface area contributed by atoms with Crippen molar-refractivity contribution in [2.45, 2.75) is 19.0 Å². The molecule has 0 atom stereocenters. The Bertz CT molecular complexity index is 1050. The van der Waals surface area contributed by atoms with Crippen LogP contribution in [-0.4, -0.2) is 42.9 Å². The van der Waals surface area contributed by atoms with Crippen molar-refractivity contribution in [3.05, 3.63) is 58.1 Å². The number of tetrazole rings is 1. The number of carboxylic acids is 1. The van der Waals surface area contributed by atoms with Gasteiger partial charge < -0.3 is 10.4 Å². The molecule has 0 bridgehead atoms. The van der Waals surface area contributed by atoms with Crippen LogP contribution in [-0.2, 0) is 4.79 Å². The molecular formula is C18H16ClN5O3S. The van der Waals surface area contributed by atoms with Crippen LogP contribution in [0.25, 0.3) is 5.69 Å². The monoisotopic (exact) mass is 417 g/mol. The Morgan fingerprint density at radius 3 is 2.68 bits per heavy atom. The average Bonchev–Trinajstić information content (AvgIpc) is 3.12. The van der Waals surface area contributed by atoms with Gasteiger partial charge in [-0.2, -0.15) is 4.68 Å². The van der Waals surface area contributed by atoms with Crippen LogP contribution >= 0.6 is 23.4 Å². The number of nitrogens with one attached hydrogen (secondary N) is 1. The van der Waals surface area contributed by atoms with Gasteiger partial charge in [-0.05, 0) is 65.7 Å². The van der Waals surface area contributed by atoms with E-state index in [4.69, 9.17) is 11.6 Å². The predicted molar refractivity (Wildman–Crippen MR) is 106 cm³/mol. The first-order valence-electron chi connectivity index (χ1n) is 8.16. The predicted octanol–water partition coefficient (Wildman–Crippen LogP) is 3.36. The van der Waals surface area contributed by atoms with E-state index >= 15 is 0 Å². The lowest BCUT2D eigenvalue weighted by atomic mass is 10.1. The summed E-state index contributed by atoms with van der Waals surface area (Å²) in [4.78, 5) is 23.5. The molecule has 0 saturated carbocycles. The number of aryl methyl sites for hydroxylation is 2. The molecule has 0 fully saturated rings. The van der Waals surface area contributed by atoms with E-state index in [1.54, 1.807) is 6.07 Å². The Hall–Kier alpha value is -2.91. The van der Waals surface area contributed by atoms with E-state index in [2.05, 4.69) is 20.8 Å². The molecular weight excluding hydrogens is 402 g/mol. The van der Waals surface area contributed by atoms with Gasteiger partial charge in [-0.15, -0.1) is 5.10 Å². The number of aromatic carboxylic acids is 1. The van der Waals surface area contributed by atoms with Crippen molar-refractivity contribution in [1.82, 2.24) is 20.2 Å². The third-order valence-electron chi connectivity index (χ3n) is 3.99. The standard InChI is InChI=1S/C18H16ClN5O3S/c1-10-3-4-12(7-11(10)2)20-16(25)9-28-18-21-22-23-24(18)13-5-6-15(19)14(8-13)17(26)27/h3-8H,9H2,1-2H3,(H,20,25)(H,26,27). The van der Waals surface area contributed by atoms with E-state index in [1.165, 1.54) is 16.8 Å². The number of carbonyl (C=O) groups excluding carboxylic acids is 1. The maximum Gasteiger partial charge on any atom is 0.337 e. The molecule has 1 heterocycles. The zero-order valence-electron chi connectivity index (χ0n) is 15.0. The lowest BCUT2D eigenvalue weighted by Gasteiger charge is -2.08. The van der Waals surface area contributed by atoms with E-state index in [0.717, 1.165) is 28.6 Å². The molecule has 0 aliphatic carbocycles. The van der Waals surface area contributed by atoms with Gasteiger partial charge in [-0.1, -0.05) is 29.4 Å². The number of anilines is 1. The van der Waals surface area contributed by atoms with Gasteiger partial charge in [0.25, 0.3) is 0 Å². The Kier molecular flexibility index (Phi) is 5.96. The van der Waals surface area contributed by atoms with E-state index < -0.39 is 5.97 Å². The summed E-state index contributed by atoms with van der Waals surface area (Å²) >= 11 is 7.03. The molecule has 144 valence electrons. The number of thioether (sulfide) groups is 1. The molecule has 0 aliphatic heterocycles. The number of carbonyl (C=O) groups is 2. The van der Waals surface area contributed by atoms with Gasteiger partial charge in [0, 0.05) is 5.69 Å². The van der Waals surface area contributed by atoms with Gasteiger partial charge in [-0.3, -0.25) is 4.79 Å². The molecule has 3 aromatic rings. The van der Waals surface area contributed by atoms with Crippen LogP contribution in [0.2, 0.25) is 5.02 Å². The lowest BCUT2D eigenvalue weighted by Crippen LogP contribution is -2.14. The van der Waals surface area contributed by atoms with E-state index in [9.17, 15) is 14.7 Å². The number of benzene rings is 2. The minimum atomic E-state index is -1.15. The summed E-state index contributed by atoms with van der Waals surface area (Å²) in [7, 11) is 0. The van der Waals surface area contributed by atoms with Crippen molar-refractivity contribution in [1.29, 1.82) is 0 Å². The number of amides is 1. The van der Waals surface area contributed by atoms with Crippen molar-refractivity contribution in [2.24, 2.45) is 0 Å². The van der Waals surface area contributed by atoms with Crippen LogP contribution in [0.5, 0.6) is 0 Å². The van der Waals surface area contributed by atoms with E-state index in [-0.39, 0.29) is 22.2 Å². The van der Waals surface area contributed by atoms with Crippen molar-refractivity contribution in [3.63, 3.8) is 0 Å². The Morgan fingerprint density at radius 2 is 1.96 bits per heavy atom. The first kappa shape index (κ1) is 19.8. The van der Waals surface area contributed by atoms with Crippen LogP contribution in [0.1, 0.15) is 21.5 Å². The number of aromatic nitrogens is 4. The van der Waals surface area contributed by atoms with E-state index in [0.29, 0.717) is 10.8 Å². The summed E-state index contributed by atoms with van der Waals surface area (Å²) in [5, 5.41) is 23.9. The molecule has 28 heavy (non-hydrogen) atoms. The van der Waals surface area contributed by atoms with Gasteiger partial charge in [-0.25, -0.2) is 4.79 Å². The Labute approximate surface area is 169 Å². The fourth-order valence-electron chi connectivity index (χ4n) is 2.39. The third kappa shape index (κ3) is 4.49. The summed E-state index contributed by atoms with van der Waals surface area (Å²) in [5.74, 6) is -1.26. The van der Waals surface area contributed by atoms with Gasteiger partial charge in [0.2, 0.25) is 11.1 Å². The fourth-order valence-corrected chi connectivity index (χ4v) is 3.28. The zero-order chi connectivity index (χ0) is 20.3. The van der Waals surface area contributed by atoms with Crippen LogP contribution in [0.3, 0.4) is 0 Å². The molecule has 2 N–H and O–H groups in total. The molecule has 10 heteroatoms. The van der Waals surface area contributed by atoms with Gasteiger partial charge >= 0.3 is 5.97 Å². The van der Waals surface area contributed by atoms with Crippen molar-refractivity contribution < 1.29 is 14.7 Å². The minimum Gasteiger partial charge on any atom is -0.478 e. The molecule has 3 rings (SSSR count). The summed E-state index contributed by atoms with van der Waals surface area (Å²) in [5.41, 5.74) is 3.33. The zero-order valence-corrected chi connectivity index (χ0v) is 16.6. The topological polar surface area (TPSA) is 110 Å². The molecule has 1 amide bonds. The maximum absolute atomic E-state index is 12.2. The second-order valence-corrected chi connectivity index (χ2v) is 7.33. The Morgan fingerprint density at radius 1 is 1.18 bits per heavy atom. The number of hydrogen-bond donors (Lipinski definition) is 2. The molecule has 0 radical (unpaired) electrons.